The summed E-state index contributed by atoms with van der Waals surface area (Å²) in [7, 11) is 0. The van der Waals surface area contributed by atoms with E-state index in [1.54, 1.807) is 23.1 Å². The van der Waals surface area contributed by atoms with Gasteiger partial charge in [0.15, 0.2) is 0 Å². The molecule has 0 aliphatic carbocycles. The molecule has 4 nitrogen and oxygen atoms in total. The predicted octanol–water partition coefficient (Wildman–Crippen LogP) is 3.01. The number of rotatable bonds is 4. The molecule has 0 bridgehead atoms. The lowest BCUT2D eigenvalue weighted by atomic mass is 10.0. The van der Waals surface area contributed by atoms with Crippen molar-refractivity contribution in [3.63, 3.8) is 0 Å². The van der Waals surface area contributed by atoms with E-state index in [1.807, 2.05) is 13.8 Å². The van der Waals surface area contributed by atoms with Gasteiger partial charge in [0.05, 0.1) is 0 Å². The van der Waals surface area contributed by atoms with Gasteiger partial charge in [-0.3, -0.25) is 9.59 Å². The molecule has 2 atom stereocenters. The molecule has 1 aromatic carbocycles. The highest BCUT2D eigenvalue weighted by Gasteiger charge is 2.38. The number of halogens is 2. The van der Waals surface area contributed by atoms with E-state index in [-0.39, 0.29) is 11.8 Å². The number of hydrogen-bond donors (Lipinski definition) is 1. The first kappa shape index (κ1) is 16.1. The van der Waals surface area contributed by atoms with E-state index in [9.17, 15) is 9.59 Å². The minimum Gasteiger partial charge on any atom is -0.343 e. The molecule has 2 rings (SSSR count). The summed E-state index contributed by atoms with van der Waals surface area (Å²) in [5, 5.41) is 3.82. The maximum absolute atomic E-state index is 12.5. The summed E-state index contributed by atoms with van der Waals surface area (Å²) < 4.78 is 0. The fraction of sp³-hybridized carbons (Fsp3) is 0.467. The Bertz CT molecular complexity index is 563. The van der Waals surface area contributed by atoms with Gasteiger partial charge in [0, 0.05) is 16.6 Å². The number of carbonyl (C=O) groups is 2. The topological polar surface area (TPSA) is 49.4 Å². The molecule has 1 saturated heterocycles. The summed E-state index contributed by atoms with van der Waals surface area (Å²) in [4.78, 5) is 26.2. The van der Waals surface area contributed by atoms with Crippen LogP contribution in [0.3, 0.4) is 0 Å². The SMILES string of the molecule is CCC1NC(=O)C(CC)N(Cc2ccc(Cl)cc2Cl)C1=O. The standard InChI is InChI=1S/C15H18Cl2N2O2/c1-3-12-15(21)19(13(4-2)14(20)18-12)8-9-5-6-10(16)7-11(9)17/h5-7,12-13H,3-4,8H2,1-2H3,(H,18,20). The second kappa shape index (κ2) is 6.67. The Balaban J connectivity index is 2.28. The highest BCUT2D eigenvalue weighted by atomic mass is 35.5. The number of carbonyl (C=O) groups excluding carboxylic acids is 2. The lowest BCUT2D eigenvalue weighted by Gasteiger charge is -2.38. The van der Waals surface area contributed by atoms with E-state index in [1.165, 1.54) is 0 Å². The normalized spacial score (nSPS) is 22.4. The van der Waals surface area contributed by atoms with Gasteiger partial charge in [-0.15, -0.1) is 0 Å². The second-order valence-electron chi connectivity index (χ2n) is 5.10. The predicted molar refractivity (Wildman–Crippen MR) is 83.3 cm³/mol. The number of nitrogens with one attached hydrogen (secondary N) is 1. The molecule has 6 heteroatoms. The largest absolute Gasteiger partial charge is 0.343 e. The quantitative estimate of drug-likeness (QED) is 0.923. The van der Waals surface area contributed by atoms with Crippen LogP contribution >= 0.6 is 23.2 Å². The molecular weight excluding hydrogens is 311 g/mol. The van der Waals surface area contributed by atoms with E-state index in [2.05, 4.69) is 5.32 Å². The van der Waals surface area contributed by atoms with Crippen molar-refractivity contribution in [3.8, 4) is 0 Å². The van der Waals surface area contributed by atoms with Crippen LogP contribution in [0, 0.1) is 0 Å². The molecule has 1 aliphatic heterocycles. The Hall–Kier alpha value is -1.26. The third-order valence-corrected chi connectivity index (χ3v) is 4.31. The van der Waals surface area contributed by atoms with Crippen molar-refractivity contribution < 1.29 is 9.59 Å². The Morgan fingerprint density at radius 1 is 1.19 bits per heavy atom. The molecule has 21 heavy (non-hydrogen) atoms. The van der Waals surface area contributed by atoms with Gasteiger partial charge >= 0.3 is 0 Å². The van der Waals surface area contributed by atoms with Gasteiger partial charge in [-0.05, 0) is 30.5 Å². The molecule has 1 heterocycles. The van der Waals surface area contributed by atoms with Crippen molar-refractivity contribution in [3.05, 3.63) is 33.8 Å². The van der Waals surface area contributed by atoms with Crippen LogP contribution in [0.1, 0.15) is 32.3 Å². The number of hydrogen-bond acceptors (Lipinski definition) is 2. The lowest BCUT2D eigenvalue weighted by Crippen LogP contribution is -2.62. The van der Waals surface area contributed by atoms with Crippen LogP contribution < -0.4 is 5.32 Å². The van der Waals surface area contributed by atoms with Crippen LogP contribution in [0.25, 0.3) is 0 Å². The third kappa shape index (κ3) is 3.33. The van der Waals surface area contributed by atoms with E-state index < -0.39 is 12.1 Å². The smallest absolute Gasteiger partial charge is 0.246 e. The van der Waals surface area contributed by atoms with Gasteiger partial charge in [-0.2, -0.15) is 0 Å². The first-order valence-electron chi connectivity index (χ1n) is 7.02. The Morgan fingerprint density at radius 2 is 1.90 bits per heavy atom. The van der Waals surface area contributed by atoms with Gasteiger partial charge in [-0.25, -0.2) is 0 Å². The van der Waals surface area contributed by atoms with E-state index in [0.29, 0.717) is 29.4 Å². The fourth-order valence-corrected chi connectivity index (χ4v) is 3.00. The molecule has 1 fully saturated rings. The lowest BCUT2D eigenvalue weighted by molar-refractivity contribution is -0.150. The summed E-state index contributed by atoms with van der Waals surface area (Å²) in [6, 6.07) is 4.26. The van der Waals surface area contributed by atoms with Crippen LogP contribution in [-0.2, 0) is 16.1 Å². The number of piperazine rings is 1. The summed E-state index contributed by atoms with van der Waals surface area (Å²) in [6.45, 7) is 4.08. The highest BCUT2D eigenvalue weighted by Crippen LogP contribution is 2.25. The first-order valence-corrected chi connectivity index (χ1v) is 7.78. The Labute approximate surface area is 134 Å². The Morgan fingerprint density at radius 3 is 2.48 bits per heavy atom. The van der Waals surface area contributed by atoms with Crippen LogP contribution in [0.4, 0.5) is 0 Å². The van der Waals surface area contributed by atoms with Crippen LogP contribution in [0.2, 0.25) is 10.0 Å². The minimum atomic E-state index is -0.452. The fourth-order valence-electron chi connectivity index (χ4n) is 2.53. The van der Waals surface area contributed by atoms with Gasteiger partial charge < -0.3 is 10.2 Å². The van der Waals surface area contributed by atoms with E-state index >= 15 is 0 Å². The number of nitrogens with zero attached hydrogens (tertiary/aromatic N) is 1. The maximum Gasteiger partial charge on any atom is 0.246 e. The molecule has 1 aliphatic rings. The van der Waals surface area contributed by atoms with Crippen molar-refractivity contribution in [1.82, 2.24) is 10.2 Å². The minimum absolute atomic E-state index is 0.0602. The Kier molecular flexibility index (Phi) is 5.12. The first-order chi connectivity index (χ1) is 9.97. The van der Waals surface area contributed by atoms with E-state index in [0.717, 1.165) is 5.56 Å². The highest BCUT2D eigenvalue weighted by molar-refractivity contribution is 6.35. The van der Waals surface area contributed by atoms with Crippen molar-refractivity contribution in [2.24, 2.45) is 0 Å². The average Bonchev–Trinajstić information content (AvgIpc) is 2.45. The van der Waals surface area contributed by atoms with Gasteiger partial charge in [0.2, 0.25) is 11.8 Å². The molecule has 2 unspecified atom stereocenters. The molecule has 1 aromatic rings. The van der Waals surface area contributed by atoms with Gasteiger partial charge in [0.1, 0.15) is 12.1 Å². The summed E-state index contributed by atoms with van der Waals surface area (Å²) in [5.41, 5.74) is 0.789. The molecule has 0 saturated carbocycles. The molecular formula is C15H18Cl2N2O2. The molecule has 0 spiro atoms. The van der Waals surface area contributed by atoms with E-state index in [4.69, 9.17) is 23.2 Å². The summed E-state index contributed by atoms with van der Waals surface area (Å²) in [5.74, 6) is -0.163. The third-order valence-electron chi connectivity index (χ3n) is 3.73. The average molecular weight is 329 g/mol. The van der Waals surface area contributed by atoms with Crippen molar-refractivity contribution >= 4 is 35.0 Å². The van der Waals surface area contributed by atoms with Crippen molar-refractivity contribution in [2.75, 3.05) is 0 Å². The zero-order valence-corrected chi connectivity index (χ0v) is 13.5. The van der Waals surface area contributed by atoms with Crippen LogP contribution in [0.5, 0.6) is 0 Å². The summed E-state index contributed by atoms with van der Waals surface area (Å²) in [6.07, 6.45) is 1.14. The van der Waals surface area contributed by atoms with Gasteiger partial charge in [-0.1, -0.05) is 43.1 Å². The van der Waals surface area contributed by atoms with Gasteiger partial charge in [0.25, 0.3) is 0 Å². The number of amides is 2. The van der Waals surface area contributed by atoms with Crippen LogP contribution in [0.15, 0.2) is 18.2 Å². The maximum atomic E-state index is 12.5. The van der Waals surface area contributed by atoms with Crippen molar-refractivity contribution in [1.29, 1.82) is 0 Å². The zero-order valence-electron chi connectivity index (χ0n) is 12.0. The molecule has 1 N–H and O–H groups in total. The monoisotopic (exact) mass is 328 g/mol. The van der Waals surface area contributed by atoms with Crippen LogP contribution in [-0.4, -0.2) is 28.8 Å². The zero-order chi connectivity index (χ0) is 15.6. The van der Waals surface area contributed by atoms with Crippen molar-refractivity contribution in [2.45, 2.75) is 45.3 Å². The molecule has 0 aromatic heterocycles. The molecule has 114 valence electrons. The molecule has 0 radical (unpaired) electrons. The second-order valence-corrected chi connectivity index (χ2v) is 5.94. The molecule has 2 amide bonds. The number of benzene rings is 1. The summed E-state index contributed by atoms with van der Waals surface area (Å²) >= 11 is 12.1.